The second kappa shape index (κ2) is 7.87. The molecular weight excluding hydrogens is 318 g/mol. The highest BCUT2D eigenvalue weighted by Crippen LogP contribution is 2.26. The van der Waals surface area contributed by atoms with Gasteiger partial charge in [-0.25, -0.2) is 4.79 Å². The van der Waals surface area contributed by atoms with Crippen molar-refractivity contribution >= 4 is 12.0 Å². The van der Waals surface area contributed by atoms with Gasteiger partial charge in [-0.05, 0) is 26.3 Å². The third kappa shape index (κ3) is 5.46. The van der Waals surface area contributed by atoms with Crippen LogP contribution in [0, 0.1) is 0 Å². The van der Waals surface area contributed by atoms with Gasteiger partial charge in [-0.15, -0.1) is 0 Å². The van der Waals surface area contributed by atoms with Gasteiger partial charge in [0.05, 0.1) is 12.6 Å². The Morgan fingerprint density at radius 1 is 1.16 bits per heavy atom. The van der Waals surface area contributed by atoms with E-state index in [9.17, 15) is 9.59 Å². The summed E-state index contributed by atoms with van der Waals surface area (Å²) in [5.41, 5.74) is 0.583. The number of carbonyl (C=O) groups excluding carboxylic acids is 2. The van der Waals surface area contributed by atoms with Crippen LogP contribution in [0.5, 0.6) is 0 Å². The van der Waals surface area contributed by atoms with Gasteiger partial charge in [0, 0.05) is 33.7 Å². The van der Waals surface area contributed by atoms with E-state index in [-0.39, 0.29) is 18.0 Å². The predicted octanol–water partition coefficient (Wildman–Crippen LogP) is 2.37. The van der Waals surface area contributed by atoms with Crippen molar-refractivity contribution in [3.8, 4) is 0 Å². The van der Waals surface area contributed by atoms with Crippen LogP contribution in [0.3, 0.4) is 0 Å². The van der Waals surface area contributed by atoms with E-state index in [1.165, 1.54) is 0 Å². The van der Waals surface area contributed by atoms with E-state index in [2.05, 4.69) is 4.90 Å². The van der Waals surface area contributed by atoms with Crippen molar-refractivity contribution in [3.63, 3.8) is 0 Å². The highest BCUT2D eigenvalue weighted by Gasteiger charge is 2.33. The van der Waals surface area contributed by atoms with Crippen molar-refractivity contribution in [1.29, 1.82) is 0 Å². The number of nitrogens with zero attached hydrogens (tertiary/aromatic N) is 3. The molecule has 1 aliphatic heterocycles. The SMILES string of the molecule is CN(C)C(=O)CN1CCN(C(=O)OC(C)(C)C)C[C@H]1c1ccccc1. The molecule has 1 atom stereocenters. The Hall–Kier alpha value is -2.08. The Balaban J connectivity index is 2.16. The molecule has 1 saturated heterocycles. The topological polar surface area (TPSA) is 53.1 Å². The summed E-state index contributed by atoms with van der Waals surface area (Å²) in [6.45, 7) is 7.65. The highest BCUT2D eigenvalue weighted by molar-refractivity contribution is 5.77. The molecule has 1 heterocycles. The molecule has 0 N–H and O–H groups in total. The second-order valence-corrected chi connectivity index (χ2v) is 7.61. The van der Waals surface area contributed by atoms with Crippen molar-refractivity contribution in [2.75, 3.05) is 40.3 Å². The maximum Gasteiger partial charge on any atom is 0.410 e. The summed E-state index contributed by atoms with van der Waals surface area (Å²) < 4.78 is 5.51. The molecule has 0 saturated carbocycles. The Morgan fingerprint density at radius 3 is 2.36 bits per heavy atom. The lowest BCUT2D eigenvalue weighted by molar-refractivity contribution is -0.131. The molecule has 1 aliphatic rings. The quantitative estimate of drug-likeness (QED) is 0.842. The Labute approximate surface area is 150 Å². The number of amides is 2. The van der Waals surface area contributed by atoms with Crippen LogP contribution in [-0.4, -0.2) is 72.6 Å². The lowest BCUT2D eigenvalue weighted by atomic mass is 10.0. The van der Waals surface area contributed by atoms with Crippen molar-refractivity contribution in [2.45, 2.75) is 32.4 Å². The molecule has 138 valence electrons. The zero-order valence-corrected chi connectivity index (χ0v) is 15.9. The molecule has 0 bridgehead atoms. The molecule has 0 unspecified atom stereocenters. The first-order valence-corrected chi connectivity index (χ1v) is 8.64. The minimum absolute atomic E-state index is 0.0219. The molecule has 0 aliphatic carbocycles. The number of piperazine rings is 1. The first kappa shape index (κ1) is 19.2. The number of rotatable bonds is 3. The zero-order chi connectivity index (χ0) is 18.6. The number of benzene rings is 1. The zero-order valence-electron chi connectivity index (χ0n) is 15.9. The lowest BCUT2D eigenvalue weighted by Crippen LogP contribution is -2.53. The van der Waals surface area contributed by atoms with Crippen LogP contribution in [0.4, 0.5) is 4.79 Å². The number of hydrogen-bond acceptors (Lipinski definition) is 4. The van der Waals surface area contributed by atoms with Gasteiger partial charge in [0.2, 0.25) is 5.91 Å². The smallest absolute Gasteiger partial charge is 0.410 e. The lowest BCUT2D eigenvalue weighted by Gasteiger charge is -2.41. The number of likely N-dealkylation sites (N-methyl/N-ethyl adjacent to an activating group) is 1. The standard InChI is InChI=1S/C19H29N3O3/c1-19(2,3)25-18(24)22-12-11-21(14-17(23)20(4)5)16(13-22)15-9-7-6-8-10-15/h6-10,16H,11-14H2,1-5H3/t16-/m0/s1. The fourth-order valence-electron chi connectivity index (χ4n) is 2.81. The van der Waals surface area contributed by atoms with E-state index in [1.807, 2.05) is 51.1 Å². The summed E-state index contributed by atoms with van der Waals surface area (Å²) >= 11 is 0. The molecule has 2 rings (SSSR count). The first-order valence-electron chi connectivity index (χ1n) is 8.64. The molecule has 0 aromatic heterocycles. The van der Waals surface area contributed by atoms with Crippen molar-refractivity contribution < 1.29 is 14.3 Å². The van der Waals surface area contributed by atoms with E-state index < -0.39 is 5.60 Å². The predicted molar refractivity (Wildman–Crippen MR) is 97.3 cm³/mol. The van der Waals surface area contributed by atoms with Gasteiger partial charge >= 0.3 is 6.09 Å². The van der Waals surface area contributed by atoms with Gasteiger partial charge in [0.15, 0.2) is 0 Å². The van der Waals surface area contributed by atoms with Crippen LogP contribution in [0.1, 0.15) is 32.4 Å². The average molecular weight is 347 g/mol. The maximum absolute atomic E-state index is 12.4. The summed E-state index contributed by atoms with van der Waals surface area (Å²) in [4.78, 5) is 30.1. The van der Waals surface area contributed by atoms with Crippen LogP contribution in [-0.2, 0) is 9.53 Å². The first-order chi connectivity index (χ1) is 11.7. The fraction of sp³-hybridized carbons (Fsp3) is 0.579. The van der Waals surface area contributed by atoms with Crippen LogP contribution in [0.2, 0.25) is 0 Å². The summed E-state index contributed by atoms with van der Waals surface area (Å²) in [6.07, 6.45) is -0.299. The van der Waals surface area contributed by atoms with Crippen LogP contribution >= 0.6 is 0 Å². The normalized spacial score (nSPS) is 18.8. The van der Waals surface area contributed by atoms with E-state index in [0.29, 0.717) is 26.2 Å². The van der Waals surface area contributed by atoms with Gasteiger partial charge in [-0.3, -0.25) is 9.69 Å². The van der Waals surface area contributed by atoms with Crippen molar-refractivity contribution in [3.05, 3.63) is 35.9 Å². The number of ether oxygens (including phenoxy) is 1. The highest BCUT2D eigenvalue weighted by atomic mass is 16.6. The Morgan fingerprint density at radius 2 is 1.80 bits per heavy atom. The largest absolute Gasteiger partial charge is 0.444 e. The third-order valence-corrected chi connectivity index (χ3v) is 4.16. The fourth-order valence-corrected chi connectivity index (χ4v) is 2.81. The summed E-state index contributed by atoms with van der Waals surface area (Å²) in [6, 6.07) is 9.98. The molecule has 1 aromatic rings. The Bertz CT molecular complexity index is 596. The van der Waals surface area contributed by atoms with E-state index in [0.717, 1.165) is 5.56 Å². The third-order valence-electron chi connectivity index (χ3n) is 4.16. The monoisotopic (exact) mass is 347 g/mol. The van der Waals surface area contributed by atoms with Crippen molar-refractivity contribution in [1.82, 2.24) is 14.7 Å². The molecule has 0 spiro atoms. The molecule has 6 nitrogen and oxygen atoms in total. The second-order valence-electron chi connectivity index (χ2n) is 7.61. The van der Waals surface area contributed by atoms with Gasteiger partial charge < -0.3 is 14.5 Å². The van der Waals surface area contributed by atoms with Gasteiger partial charge in [0.1, 0.15) is 5.60 Å². The summed E-state index contributed by atoms with van der Waals surface area (Å²) in [5, 5.41) is 0. The van der Waals surface area contributed by atoms with Gasteiger partial charge in [0.25, 0.3) is 0 Å². The Kier molecular flexibility index (Phi) is 6.06. The molecule has 0 radical (unpaired) electrons. The van der Waals surface area contributed by atoms with Crippen LogP contribution in [0.15, 0.2) is 30.3 Å². The summed E-state index contributed by atoms with van der Waals surface area (Å²) in [7, 11) is 3.52. The summed E-state index contributed by atoms with van der Waals surface area (Å²) in [5.74, 6) is 0.0617. The van der Waals surface area contributed by atoms with E-state index in [4.69, 9.17) is 4.74 Å². The molecule has 25 heavy (non-hydrogen) atoms. The van der Waals surface area contributed by atoms with E-state index >= 15 is 0 Å². The average Bonchev–Trinajstić information content (AvgIpc) is 2.54. The minimum Gasteiger partial charge on any atom is -0.444 e. The molecule has 6 heteroatoms. The van der Waals surface area contributed by atoms with E-state index in [1.54, 1.807) is 23.9 Å². The van der Waals surface area contributed by atoms with Crippen LogP contribution in [0.25, 0.3) is 0 Å². The molecule has 1 aromatic carbocycles. The maximum atomic E-state index is 12.4. The van der Waals surface area contributed by atoms with Crippen molar-refractivity contribution in [2.24, 2.45) is 0 Å². The van der Waals surface area contributed by atoms with Gasteiger partial charge in [-0.2, -0.15) is 0 Å². The van der Waals surface area contributed by atoms with Gasteiger partial charge in [-0.1, -0.05) is 30.3 Å². The number of carbonyl (C=O) groups is 2. The molecular formula is C19H29N3O3. The van der Waals surface area contributed by atoms with Crippen LogP contribution < -0.4 is 0 Å². The molecule has 1 fully saturated rings. The number of hydrogen-bond donors (Lipinski definition) is 0. The molecule has 2 amide bonds. The minimum atomic E-state index is -0.517.